The van der Waals surface area contributed by atoms with Gasteiger partial charge in [0.1, 0.15) is 11.9 Å². The maximum absolute atomic E-state index is 13.7. The quantitative estimate of drug-likeness (QED) is 0.372. The van der Waals surface area contributed by atoms with Crippen molar-refractivity contribution in [3.05, 3.63) is 101 Å². The fourth-order valence-corrected chi connectivity index (χ4v) is 4.45. The lowest BCUT2D eigenvalue weighted by Gasteiger charge is -2.28. The van der Waals surface area contributed by atoms with Crippen molar-refractivity contribution in [2.24, 2.45) is 4.99 Å². The lowest BCUT2D eigenvalue weighted by Crippen LogP contribution is -2.52. The Balaban J connectivity index is 1.55. The van der Waals surface area contributed by atoms with E-state index in [1.807, 2.05) is 85.8 Å². The second-order valence-corrected chi connectivity index (χ2v) is 9.22. The molecule has 0 saturated heterocycles. The molecule has 6 nitrogen and oxygen atoms in total. The molecule has 3 aromatic carbocycles. The van der Waals surface area contributed by atoms with Crippen molar-refractivity contribution in [3.8, 4) is 5.75 Å². The van der Waals surface area contributed by atoms with Crippen LogP contribution < -0.4 is 10.1 Å². The molecule has 0 bridgehead atoms. The zero-order valence-electron chi connectivity index (χ0n) is 20.3. The van der Waals surface area contributed by atoms with Crippen LogP contribution in [-0.2, 0) is 22.4 Å². The first-order valence-electron chi connectivity index (χ1n) is 12.2. The smallest absolute Gasteiger partial charge is 0.252 e. The van der Waals surface area contributed by atoms with E-state index in [9.17, 15) is 4.79 Å². The van der Waals surface area contributed by atoms with Gasteiger partial charge in [0.25, 0.3) is 5.91 Å². The molecule has 0 unspecified atom stereocenters. The molecule has 0 radical (unpaired) electrons. The Morgan fingerprint density at radius 2 is 1.81 bits per heavy atom. The second-order valence-electron chi connectivity index (χ2n) is 8.81. The lowest BCUT2D eigenvalue weighted by atomic mass is 9.86. The second kappa shape index (κ2) is 12.1. The van der Waals surface area contributed by atoms with Gasteiger partial charge in [-0.15, -0.1) is 0 Å². The third-order valence-electron chi connectivity index (χ3n) is 6.28. The molecule has 4 rings (SSSR count). The summed E-state index contributed by atoms with van der Waals surface area (Å²) < 4.78 is 11.8. The third-order valence-corrected chi connectivity index (χ3v) is 6.65. The zero-order valence-corrected chi connectivity index (χ0v) is 21.1. The maximum atomic E-state index is 13.7. The lowest BCUT2D eigenvalue weighted by molar-refractivity contribution is -0.128. The molecule has 2 atom stereocenters. The Morgan fingerprint density at radius 3 is 2.53 bits per heavy atom. The fraction of sp³-hybridized carbons (Fsp3) is 0.310. The summed E-state index contributed by atoms with van der Waals surface area (Å²) in [5, 5.41) is 12.7. The van der Waals surface area contributed by atoms with Gasteiger partial charge < -0.3 is 19.9 Å². The molecule has 0 spiro atoms. The Morgan fingerprint density at radius 1 is 1.08 bits per heavy atom. The number of aliphatic hydroxyl groups is 1. The number of nitrogens with zero attached hydrogens (tertiary/aromatic N) is 1. The van der Waals surface area contributed by atoms with Gasteiger partial charge in [-0.1, -0.05) is 60.1 Å². The van der Waals surface area contributed by atoms with E-state index in [2.05, 4.69) is 5.32 Å². The molecule has 0 aromatic heterocycles. The van der Waals surface area contributed by atoms with Gasteiger partial charge in [0.15, 0.2) is 5.54 Å². The number of ether oxygens (including phenoxy) is 2. The number of carbonyl (C=O) groups is 1. The fourth-order valence-electron chi connectivity index (χ4n) is 4.22. The monoisotopic (exact) mass is 506 g/mol. The van der Waals surface area contributed by atoms with Crippen molar-refractivity contribution in [2.75, 3.05) is 19.8 Å². The van der Waals surface area contributed by atoms with Gasteiger partial charge in [-0.25, -0.2) is 4.99 Å². The highest BCUT2D eigenvalue weighted by molar-refractivity contribution is 6.31. The van der Waals surface area contributed by atoms with Gasteiger partial charge in [-0.05, 0) is 54.8 Å². The van der Waals surface area contributed by atoms with Crippen molar-refractivity contribution in [1.82, 2.24) is 5.32 Å². The van der Waals surface area contributed by atoms with E-state index in [1.54, 1.807) is 0 Å². The highest BCUT2D eigenvalue weighted by atomic mass is 35.5. The highest BCUT2D eigenvalue weighted by Crippen LogP contribution is 2.33. The summed E-state index contributed by atoms with van der Waals surface area (Å²) in [4.78, 5) is 18.6. The summed E-state index contributed by atoms with van der Waals surface area (Å²) in [6.45, 7) is 2.86. The number of hydrogen-bond acceptors (Lipinski definition) is 5. The van der Waals surface area contributed by atoms with E-state index in [4.69, 9.17) is 31.2 Å². The first-order chi connectivity index (χ1) is 17.5. The predicted octanol–water partition coefficient (Wildman–Crippen LogP) is 4.61. The summed E-state index contributed by atoms with van der Waals surface area (Å²) in [6, 6.07) is 24.9. The minimum absolute atomic E-state index is 0.0879. The SMILES string of the molecule is C[C@H]1OC(c2ccc(OCCCO)cc2)=N[C@@]1(Cc1ccccc1)C(=O)NCCc1ccccc1Cl. The largest absolute Gasteiger partial charge is 0.494 e. The number of aliphatic imine (C=N–C) groups is 1. The molecule has 3 aromatic rings. The molecular weight excluding hydrogens is 476 g/mol. The van der Waals surface area contributed by atoms with E-state index in [0.717, 1.165) is 16.7 Å². The van der Waals surface area contributed by atoms with E-state index in [-0.39, 0.29) is 12.5 Å². The van der Waals surface area contributed by atoms with Crippen LogP contribution in [0.1, 0.15) is 30.0 Å². The van der Waals surface area contributed by atoms with Crippen LogP contribution in [0.4, 0.5) is 0 Å². The van der Waals surface area contributed by atoms with Crippen LogP contribution in [0.25, 0.3) is 0 Å². The van der Waals surface area contributed by atoms with Crippen molar-refractivity contribution < 1.29 is 19.4 Å². The number of benzene rings is 3. The number of amides is 1. The average Bonchev–Trinajstić information content (AvgIpc) is 3.23. The molecule has 188 valence electrons. The normalized spacial score (nSPS) is 18.9. The number of hydrogen-bond donors (Lipinski definition) is 2. The summed E-state index contributed by atoms with van der Waals surface area (Å²) in [5.41, 5.74) is 1.66. The highest BCUT2D eigenvalue weighted by Gasteiger charge is 2.50. The Hall–Kier alpha value is -3.35. The molecule has 0 fully saturated rings. The van der Waals surface area contributed by atoms with Gasteiger partial charge >= 0.3 is 0 Å². The first kappa shape index (κ1) is 25.7. The topological polar surface area (TPSA) is 80.2 Å². The zero-order chi connectivity index (χ0) is 25.4. The molecular formula is C29H31ClN2O4. The predicted molar refractivity (Wildman–Crippen MR) is 142 cm³/mol. The molecule has 36 heavy (non-hydrogen) atoms. The third kappa shape index (κ3) is 6.07. The standard InChI is InChI=1S/C29H31ClN2O4/c1-21-29(20-22-8-3-2-4-9-22,28(34)31-17-16-23-10-5-6-11-26(23)30)32-27(36-21)24-12-14-25(15-13-24)35-19-7-18-33/h2-6,8-15,21,33H,7,16-20H2,1H3,(H,31,34)/t21-,29-/m1/s1. The van der Waals surface area contributed by atoms with Gasteiger partial charge in [0.2, 0.25) is 5.90 Å². The van der Waals surface area contributed by atoms with Crippen LogP contribution in [0.3, 0.4) is 0 Å². The van der Waals surface area contributed by atoms with Gasteiger partial charge in [-0.2, -0.15) is 0 Å². The number of carbonyl (C=O) groups excluding carboxylic acids is 1. The summed E-state index contributed by atoms with van der Waals surface area (Å²) in [6.07, 6.45) is 1.14. The average molecular weight is 507 g/mol. The molecule has 1 amide bonds. The van der Waals surface area contributed by atoms with Crippen LogP contribution in [-0.4, -0.2) is 48.3 Å². The van der Waals surface area contributed by atoms with E-state index in [1.165, 1.54) is 0 Å². The van der Waals surface area contributed by atoms with Crippen molar-refractivity contribution in [2.45, 2.75) is 37.8 Å². The van der Waals surface area contributed by atoms with Crippen molar-refractivity contribution >= 4 is 23.4 Å². The molecule has 1 aliphatic heterocycles. The van der Waals surface area contributed by atoms with Crippen LogP contribution >= 0.6 is 11.6 Å². The molecule has 1 heterocycles. The summed E-state index contributed by atoms with van der Waals surface area (Å²) in [7, 11) is 0. The molecule has 1 aliphatic rings. The Bertz CT molecular complexity index is 1180. The Kier molecular flexibility index (Phi) is 8.62. The number of rotatable bonds is 11. The van der Waals surface area contributed by atoms with Gasteiger partial charge in [0, 0.05) is 36.6 Å². The van der Waals surface area contributed by atoms with Crippen LogP contribution in [0.2, 0.25) is 5.02 Å². The van der Waals surface area contributed by atoms with E-state index < -0.39 is 11.6 Å². The minimum Gasteiger partial charge on any atom is -0.494 e. The number of aliphatic hydroxyl groups excluding tert-OH is 1. The van der Waals surface area contributed by atoms with Crippen molar-refractivity contribution in [1.29, 1.82) is 0 Å². The van der Waals surface area contributed by atoms with E-state index >= 15 is 0 Å². The molecule has 0 saturated carbocycles. The van der Waals surface area contributed by atoms with E-state index in [0.29, 0.717) is 49.1 Å². The number of nitrogens with one attached hydrogen (secondary N) is 1. The van der Waals surface area contributed by atoms with Gasteiger partial charge in [0.05, 0.1) is 6.61 Å². The molecule has 7 heteroatoms. The Labute approximate surface area is 216 Å². The summed E-state index contributed by atoms with van der Waals surface area (Å²) in [5.74, 6) is 0.957. The van der Waals surface area contributed by atoms with Crippen LogP contribution in [0, 0.1) is 0 Å². The minimum atomic E-state index is -1.10. The van der Waals surface area contributed by atoms with Crippen molar-refractivity contribution in [3.63, 3.8) is 0 Å². The maximum Gasteiger partial charge on any atom is 0.252 e. The number of halogens is 1. The first-order valence-corrected chi connectivity index (χ1v) is 12.6. The van der Waals surface area contributed by atoms with Crippen LogP contribution in [0.5, 0.6) is 5.75 Å². The molecule has 2 N–H and O–H groups in total. The summed E-state index contributed by atoms with van der Waals surface area (Å²) >= 11 is 6.28. The molecule has 0 aliphatic carbocycles. The van der Waals surface area contributed by atoms with Crippen LogP contribution in [0.15, 0.2) is 83.9 Å². The van der Waals surface area contributed by atoms with Gasteiger partial charge in [-0.3, -0.25) is 4.79 Å².